The van der Waals surface area contributed by atoms with Crippen LogP contribution in [0.15, 0.2) is 24.3 Å². The topological polar surface area (TPSA) is 84.7 Å². The monoisotopic (exact) mass is 355 g/mol. The third-order valence-electron chi connectivity index (χ3n) is 4.79. The fourth-order valence-electron chi connectivity index (χ4n) is 3.43. The number of carbonyl (C=O) groups excluding carboxylic acids is 1. The molecular formula is C16H22ClN3O4. The molecular weight excluding hydrogens is 334 g/mol. The van der Waals surface area contributed by atoms with Crippen molar-refractivity contribution in [1.82, 2.24) is 10.2 Å². The van der Waals surface area contributed by atoms with E-state index in [4.69, 9.17) is 4.74 Å². The average Bonchev–Trinajstić information content (AvgIpc) is 2.91. The molecule has 1 amide bonds. The quantitative estimate of drug-likeness (QED) is 0.658. The summed E-state index contributed by atoms with van der Waals surface area (Å²) in [5.41, 5.74) is -0.114. The number of ether oxygens (including phenoxy) is 1. The Morgan fingerprint density at radius 3 is 2.50 bits per heavy atom. The lowest BCUT2D eigenvalue weighted by molar-refractivity contribution is -0.385. The Kier molecular flexibility index (Phi) is 6.39. The van der Waals surface area contributed by atoms with E-state index in [9.17, 15) is 14.9 Å². The van der Waals surface area contributed by atoms with E-state index in [0.29, 0.717) is 11.8 Å². The maximum atomic E-state index is 12.3. The van der Waals surface area contributed by atoms with Crippen LogP contribution in [0.1, 0.15) is 12.8 Å². The molecule has 132 valence electrons. The first-order valence-electron chi connectivity index (χ1n) is 8.00. The summed E-state index contributed by atoms with van der Waals surface area (Å²) in [5.74, 6) is 1.35. The molecule has 2 atom stereocenters. The smallest absolute Gasteiger partial charge is 0.310 e. The summed E-state index contributed by atoms with van der Waals surface area (Å²) < 4.78 is 5.40. The fourth-order valence-corrected chi connectivity index (χ4v) is 3.43. The SMILES string of the molecule is Cl.O=C(COc1ccccc1[N+](=O)[O-])N1CC[C@@H]2CNC[C@@H]2CC1. The van der Waals surface area contributed by atoms with Gasteiger partial charge in [-0.1, -0.05) is 12.1 Å². The van der Waals surface area contributed by atoms with E-state index in [-0.39, 0.29) is 36.4 Å². The molecule has 2 aliphatic heterocycles. The first-order valence-corrected chi connectivity index (χ1v) is 8.00. The summed E-state index contributed by atoms with van der Waals surface area (Å²) >= 11 is 0. The highest BCUT2D eigenvalue weighted by atomic mass is 35.5. The van der Waals surface area contributed by atoms with E-state index in [1.165, 1.54) is 12.1 Å². The van der Waals surface area contributed by atoms with Crippen LogP contribution in [0.2, 0.25) is 0 Å². The van der Waals surface area contributed by atoms with Crippen molar-refractivity contribution in [1.29, 1.82) is 0 Å². The summed E-state index contributed by atoms with van der Waals surface area (Å²) in [6.07, 6.45) is 2.02. The number of nitro benzene ring substituents is 1. The molecule has 8 heteroatoms. The van der Waals surface area contributed by atoms with Crippen LogP contribution >= 0.6 is 12.4 Å². The van der Waals surface area contributed by atoms with Crippen molar-refractivity contribution in [2.45, 2.75) is 12.8 Å². The number of likely N-dealkylation sites (tertiary alicyclic amines) is 1. The molecule has 1 aromatic rings. The average molecular weight is 356 g/mol. The number of benzene rings is 1. The van der Waals surface area contributed by atoms with Crippen LogP contribution in [0, 0.1) is 22.0 Å². The van der Waals surface area contributed by atoms with Crippen molar-refractivity contribution in [3.8, 4) is 5.75 Å². The van der Waals surface area contributed by atoms with Gasteiger partial charge < -0.3 is 15.0 Å². The van der Waals surface area contributed by atoms with E-state index >= 15 is 0 Å². The van der Waals surface area contributed by atoms with Gasteiger partial charge in [-0.05, 0) is 43.8 Å². The molecule has 7 nitrogen and oxygen atoms in total. The van der Waals surface area contributed by atoms with Gasteiger partial charge in [-0.25, -0.2) is 0 Å². The number of amides is 1. The Morgan fingerprint density at radius 2 is 1.88 bits per heavy atom. The van der Waals surface area contributed by atoms with Gasteiger partial charge in [0.15, 0.2) is 12.4 Å². The molecule has 2 fully saturated rings. The highest BCUT2D eigenvalue weighted by molar-refractivity contribution is 5.85. The lowest BCUT2D eigenvalue weighted by atomic mass is 9.92. The van der Waals surface area contributed by atoms with Gasteiger partial charge in [0.2, 0.25) is 0 Å². The molecule has 0 saturated carbocycles. The van der Waals surface area contributed by atoms with Crippen LogP contribution in [0.4, 0.5) is 5.69 Å². The second-order valence-corrected chi connectivity index (χ2v) is 6.15. The Balaban J connectivity index is 0.00000208. The lowest BCUT2D eigenvalue weighted by Crippen LogP contribution is -2.36. The largest absolute Gasteiger partial charge is 0.477 e. The summed E-state index contributed by atoms with van der Waals surface area (Å²) in [6, 6.07) is 6.13. The van der Waals surface area contributed by atoms with Crippen molar-refractivity contribution in [2.24, 2.45) is 11.8 Å². The molecule has 0 aromatic heterocycles. The fraction of sp³-hybridized carbons (Fsp3) is 0.562. The zero-order valence-electron chi connectivity index (χ0n) is 13.3. The minimum Gasteiger partial charge on any atom is -0.477 e. The van der Waals surface area contributed by atoms with Gasteiger partial charge in [0, 0.05) is 19.2 Å². The molecule has 0 radical (unpaired) electrons. The lowest BCUT2D eigenvalue weighted by Gasteiger charge is -2.21. The predicted molar refractivity (Wildman–Crippen MR) is 91.5 cm³/mol. The highest BCUT2D eigenvalue weighted by Crippen LogP contribution is 2.28. The Morgan fingerprint density at radius 1 is 1.25 bits per heavy atom. The molecule has 0 unspecified atom stereocenters. The number of hydrogen-bond donors (Lipinski definition) is 1. The third-order valence-corrected chi connectivity index (χ3v) is 4.79. The molecule has 1 aromatic carbocycles. The second kappa shape index (κ2) is 8.30. The zero-order valence-corrected chi connectivity index (χ0v) is 14.2. The van der Waals surface area contributed by atoms with Crippen molar-refractivity contribution < 1.29 is 14.5 Å². The Bertz CT molecular complexity index is 584. The summed E-state index contributed by atoms with van der Waals surface area (Å²) in [4.78, 5) is 24.6. The van der Waals surface area contributed by atoms with Crippen LogP contribution in [-0.2, 0) is 4.79 Å². The van der Waals surface area contributed by atoms with E-state index in [1.54, 1.807) is 12.1 Å². The number of para-hydroxylation sites is 2. The minimum atomic E-state index is -0.500. The molecule has 2 aliphatic rings. The standard InChI is InChI=1S/C16H21N3O4.ClH/c20-16(11-23-15-4-2-1-3-14(15)19(21)22)18-7-5-12-9-17-10-13(12)6-8-18;/h1-4,12-13,17H,5-11H2;1H/t12-,13+;. The molecule has 0 aliphatic carbocycles. The Hall–Kier alpha value is -1.86. The number of hydrogen-bond acceptors (Lipinski definition) is 5. The molecule has 2 heterocycles. The number of fused-ring (bicyclic) bond motifs is 1. The van der Waals surface area contributed by atoms with Gasteiger partial charge in [-0.15, -0.1) is 12.4 Å². The van der Waals surface area contributed by atoms with Gasteiger partial charge in [0.05, 0.1) is 4.92 Å². The normalized spacial score (nSPS) is 22.9. The van der Waals surface area contributed by atoms with Crippen molar-refractivity contribution in [3.05, 3.63) is 34.4 Å². The van der Waals surface area contributed by atoms with Gasteiger partial charge in [-0.3, -0.25) is 14.9 Å². The molecule has 0 spiro atoms. The molecule has 24 heavy (non-hydrogen) atoms. The van der Waals surface area contributed by atoms with Gasteiger partial charge in [0.1, 0.15) is 0 Å². The van der Waals surface area contributed by atoms with Gasteiger partial charge in [-0.2, -0.15) is 0 Å². The molecule has 3 rings (SSSR count). The minimum absolute atomic E-state index is 0. The molecule has 0 bridgehead atoms. The van der Waals surface area contributed by atoms with Gasteiger partial charge >= 0.3 is 5.69 Å². The first-order chi connectivity index (χ1) is 11.1. The number of nitrogens with one attached hydrogen (secondary N) is 1. The van der Waals surface area contributed by atoms with E-state index in [1.807, 2.05) is 4.90 Å². The number of halogens is 1. The second-order valence-electron chi connectivity index (χ2n) is 6.15. The number of carbonyl (C=O) groups is 1. The number of rotatable bonds is 4. The van der Waals surface area contributed by atoms with Crippen molar-refractivity contribution in [3.63, 3.8) is 0 Å². The Labute approximate surface area is 146 Å². The number of nitrogens with zero attached hydrogens (tertiary/aromatic N) is 2. The predicted octanol–water partition coefficient (Wildman–Crippen LogP) is 1.85. The third kappa shape index (κ3) is 4.15. The highest BCUT2D eigenvalue weighted by Gasteiger charge is 2.31. The zero-order chi connectivity index (χ0) is 16.2. The van der Waals surface area contributed by atoms with Crippen molar-refractivity contribution >= 4 is 24.0 Å². The van der Waals surface area contributed by atoms with Crippen LogP contribution in [0.5, 0.6) is 5.75 Å². The summed E-state index contributed by atoms with van der Waals surface area (Å²) in [7, 11) is 0. The van der Waals surface area contributed by atoms with Crippen LogP contribution < -0.4 is 10.1 Å². The molecule has 2 saturated heterocycles. The molecule has 1 N–H and O–H groups in total. The maximum Gasteiger partial charge on any atom is 0.310 e. The summed E-state index contributed by atoms with van der Waals surface area (Å²) in [5, 5.41) is 14.4. The van der Waals surface area contributed by atoms with Crippen LogP contribution in [0.25, 0.3) is 0 Å². The van der Waals surface area contributed by atoms with E-state index < -0.39 is 4.92 Å². The van der Waals surface area contributed by atoms with E-state index in [0.717, 1.165) is 39.0 Å². The van der Waals surface area contributed by atoms with Crippen molar-refractivity contribution in [2.75, 3.05) is 32.8 Å². The number of nitro groups is 1. The van der Waals surface area contributed by atoms with Crippen LogP contribution in [-0.4, -0.2) is 48.5 Å². The first kappa shape index (κ1) is 18.5. The van der Waals surface area contributed by atoms with Crippen LogP contribution in [0.3, 0.4) is 0 Å². The maximum absolute atomic E-state index is 12.3. The van der Waals surface area contributed by atoms with Gasteiger partial charge in [0.25, 0.3) is 5.91 Å². The summed E-state index contributed by atoms with van der Waals surface area (Å²) in [6.45, 7) is 3.40. The van der Waals surface area contributed by atoms with E-state index in [2.05, 4.69) is 5.32 Å².